The predicted octanol–water partition coefficient (Wildman–Crippen LogP) is 0.855. The van der Waals surface area contributed by atoms with Crippen molar-refractivity contribution in [2.24, 2.45) is 5.73 Å². The van der Waals surface area contributed by atoms with E-state index in [1.165, 1.54) is 22.3 Å². The molecule has 1 fully saturated rings. The number of nitrogens with two attached hydrogens (primary N) is 1. The molecule has 0 unspecified atom stereocenters. The first-order valence-electron chi connectivity index (χ1n) is 5.59. The Kier molecular flexibility index (Phi) is 5.30. The van der Waals surface area contributed by atoms with Crippen molar-refractivity contribution in [1.82, 2.24) is 0 Å². The van der Waals surface area contributed by atoms with Crippen LogP contribution >= 0.6 is 20.0 Å². The summed E-state index contributed by atoms with van der Waals surface area (Å²) >= 11 is -1.12. The Hall–Kier alpha value is -0.292. The van der Waals surface area contributed by atoms with Crippen LogP contribution in [0.3, 0.4) is 0 Å². The molecule has 1 aromatic carbocycles. The van der Waals surface area contributed by atoms with Crippen LogP contribution in [0.5, 0.6) is 5.75 Å². The van der Waals surface area contributed by atoms with Gasteiger partial charge < -0.3 is 0 Å². The molecule has 0 radical (unpaired) electrons. The number of hydrogen-bond donors (Lipinski definition) is 3. The summed E-state index contributed by atoms with van der Waals surface area (Å²) in [5.74, 6) is 2.26. The zero-order valence-electron chi connectivity index (χ0n) is 9.76. The van der Waals surface area contributed by atoms with Gasteiger partial charge in [-0.3, -0.25) is 0 Å². The SMILES string of the molecule is NCC(=O)Nc1cc([As]2SCCCS2)ccc1O. The summed E-state index contributed by atoms with van der Waals surface area (Å²) in [7, 11) is 4.09. The van der Waals surface area contributed by atoms with Gasteiger partial charge in [0, 0.05) is 0 Å². The molecule has 1 aromatic rings. The molecule has 1 amide bonds. The molecule has 4 nitrogen and oxygen atoms in total. The molecule has 0 saturated carbocycles. The number of carbonyl (C=O) groups excluding carboxylic acids is 1. The topological polar surface area (TPSA) is 75.4 Å². The third kappa shape index (κ3) is 3.60. The summed E-state index contributed by atoms with van der Waals surface area (Å²) in [6.07, 6.45) is 1.27. The molecule has 0 bridgehead atoms. The molecular weight excluding hydrogens is 331 g/mol. The molecular formula is C11H15AsN2O2S2. The number of amides is 1. The van der Waals surface area contributed by atoms with Crippen molar-refractivity contribution in [1.29, 1.82) is 0 Å². The summed E-state index contributed by atoms with van der Waals surface area (Å²) in [6.45, 7) is -0.0748. The fourth-order valence-corrected chi connectivity index (χ4v) is 14.5. The van der Waals surface area contributed by atoms with E-state index in [1.807, 2.05) is 32.2 Å². The number of benzene rings is 1. The van der Waals surface area contributed by atoms with Gasteiger partial charge in [0.15, 0.2) is 0 Å². The Morgan fingerprint density at radius 2 is 2.17 bits per heavy atom. The summed E-state index contributed by atoms with van der Waals surface area (Å²) in [5, 5.41) is 12.4. The molecule has 0 aliphatic carbocycles. The van der Waals surface area contributed by atoms with E-state index in [4.69, 9.17) is 5.73 Å². The number of anilines is 1. The van der Waals surface area contributed by atoms with Crippen molar-refractivity contribution in [3.63, 3.8) is 0 Å². The third-order valence-electron chi connectivity index (χ3n) is 2.36. The van der Waals surface area contributed by atoms with E-state index in [2.05, 4.69) is 5.32 Å². The first-order chi connectivity index (χ1) is 8.70. The van der Waals surface area contributed by atoms with E-state index < -0.39 is 12.3 Å². The fraction of sp³-hybridized carbons (Fsp3) is 0.364. The van der Waals surface area contributed by atoms with Gasteiger partial charge in [0.05, 0.1) is 0 Å². The minimum atomic E-state index is -1.12. The van der Waals surface area contributed by atoms with Crippen molar-refractivity contribution in [3.8, 4) is 5.75 Å². The van der Waals surface area contributed by atoms with Crippen molar-refractivity contribution in [3.05, 3.63) is 18.2 Å². The molecule has 2 rings (SSSR count). The van der Waals surface area contributed by atoms with Gasteiger partial charge in [-0.1, -0.05) is 0 Å². The molecule has 1 heterocycles. The quantitative estimate of drug-likeness (QED) is 0.559. The maximum atomic E-state index is 11.3. The van der Waals surface area contributed by atoms with Crippen LogP contribution in [-0.2, 0) is 4.79 Å². The Bertz CT molecular complexity index is 439. The second-order valence-electron chi connectivity index (χ2n) is 3.73. The van der Waals surface area contributed by atoms with Gasteiger partial charge >= 0.3 is 118 Å². The molecule has 1 saturated heterocycles. The van der Waals surface area contributed by atoms with Gasteiger partial charge in [-0.05, 0) is 0 Å². The third-order valence-corrected chi connectivity index (χ3v) is 16.0. The van der Waals surface area contributed by atoms with Crippen LogP contribution in [0.1, 0.15) is 6.42 Å². The van der Waals surface area contributed by atoms with Gasteiger partial charge in [-0.15, -0.1) is 0 Å². The monoisotopic (exact) mass is 346 g/mol. The van der Waals surface area contributed by atoms with Crippen molar-refractivity contribution in [2.75, 3.05) is 23.4 Å². The van der Waals surface area contributed by atoms with Crippen LogP contribution in [0.4, 0.5) is 5.69 Å². The van der Waals surface area contributed by atoms with Crippen LogP contribution in [0.25, 0.3) is 0 Å². The Labute approximate surface area is 117 Å². The summed E-state index contributed by atoms with van der Waals surface area (Å²) in [4.78, 5) is 11.3. The molecule has 0 atom stereocenters. The van der Waals surface area contributed by atoms with Gasteiger partial charge in [0.25, 0.3) is 0 Å². The Morgan fingerprint density at radius 1 is 1.44 bits per heavy atom. The molecule has 7 heteroatoms. The zero-order chi connectivity index (χ0) is 13.0. The number of phenolic OH excluding ortho intramolecular Hbond substituents is 1. The predicted molar refractivity (Wildman–Crippen MR) is 80.7 cm³/mol. The molecule has 98 valence electrons. The van der Waals surface area contributed by atoms with E-state index in [9.17, 15) is 9.90 Å². The second-order valence-corrected chi connectivity index (χ2v) is 15.5. The first kappa shape index (κ1) is 14.1. The summed E-state index contributed by atoms with van der Waals surface area (Å²) < 4.78 is 1.27. The van der Waals surface area contributed by atoms with Crippen LogP contribution in [0.2, 0.25) is 0 Å². The van der Waals surface area contributed by atoms with Gasteiger partial charge in [0.1, 0.15) is 0 Å². The van der Waals surface area contributed by atoms with Crippen LogP contribution in [0.15, 0.2) is 18.2 Å². The zero-order valence-corrected chi connectivity index (χ0v) is 13.3. The normalized spacial score (nSPS) is 16.5. The molecule has 4 N–H and O–H groups in total. The standard InChI is InChI=1S/C11H15AsN2O2S2/c13-7-11(16)14-9-6-8(2-3-10(9)15)12-17-4-1-5-18-12/h2-3,6,15H,1,4-5,7,13H2,(H,14,16). The first-order valence-corrected chi connectivity index (χ1v) is 13.0. The van der Waals surface area contributed by atoms with Crippen LogP contribution < -0.4 is 15.4 Å². The van der Waals surface area contributed by atoms with E-state index in [0.29, 0.717) is 5.69 Å². The minimum absolute atomic E-state index is 0.0748. The van der Waals surface area contributed by atoms with E-state index in [0.717, 1.165) is 0 Å². The van der Waals surface area contributed by atoms with Gasteiger partial charge in [-0.25, -0.2) is 0 Å². The number of nitrogens with one attached hydrogen (secondary N) is 1. The van der Waals surface area contributed by atoms with E-state index in [-0.39, 0.29) is 18.2 Å². The number of carbonyl (C=O) groups is 1. The number of aromatic hydroxyl groups is 1. The summed E-state index contributed by atoms with van der Waals surface area (Å²) in [5.41, 5.74) is 5.73. The average Bonchev–Trinajstić information content (AvgIpc) is 2.42. The molecule has 18 heavy (non-hydrogen) atoms. The van der Waals surface area contributed by atoms with E-state index in [1.54, 1.807) is 6.07 Å². The van der Waals surface area contributed by atoms with Crippen LogP contribution in [0, 0.1) is 0 Å². The van der Waals surface area contributed by atoms with Crippen molar-refractivity contribution < 1.29 is 9.90 Å². The molecule has 1 aliphatic heterocycles. The molecule has 0 aromatic heterocycles. The van der Waals surface area contributed by atoms with Crippen LogP contribution in [-0.4, -0.2) is 41.4 Å². The number of rotatable bonds is 3. The number of hydrogen-bond acceptors (Lipinski definition) is 5. The Balaban J connectivity index is 2.16. The Morgan fingerprint density at radius 3 is 2.83 bits per heavy atom. The van der Waals surface area contributed by atoms with Crippen molar-refractivity contribution in [2.45, 2.75) is 6.42 Å². The molecule has 1 aliphatic rings. The number of phenols is 1. The van der Waals surface area contributed by atoms with Crippen molar-refractivity contribution >= 4 is 48.3 Å². The van der Waals surface area contributed by atoms with Gasteiger partial charge in [-0.2, -0.15) is 0 Å². The fourth-order valence-electron chi connectivity index (χ4n) is 1.48. The second kappa shape index (κ2) is 6.75. The summed E-state index contributed by atoms with van der Waals surface area (Å²) in [6, 6.07) is 5.53. The van der Waals surface area contributed by atoms with E-state index >= 15 is 0 Å². The average molecular weight is 346 g/mol. The molecule has 0 spiro atoms. The van der Waals surface area contributed by atoms with Gasteiger partial charge in [0.2, 0.25) is 0 Å². The maximum absolute atomic E-state index is 11.3.